The van der Waals surface area contributed by atoms with Crippen LogP contribution in [0.4, 0.5) is 0 Å². The van der Waals surface area contributed by atoms with Gasteiger partial charge in [-0.3, -0.25) is 4.18 Å². The fraction of sp³-hybridized carbons (Fsp3) is 1.00. The van der Waals surface area contributed by atoms with Gasteiger partial charge in [-0.2, -0.15) is 0 Å². The first-order valence-corrected chi connectivity index (χ1v) is 4.76. The first-order valence-electron chi connectivity index (χ1n) is 4.02. The van der Waals surface area contributed by atoms with Crippen molar-refractivity contribution in [2.45, 2.75) is 31.6 Å². The van der Waals surface area contributed by atoms with Gasteiger partial charge in [-0.25, -0.2) is 4.72 Å². The molecule has 1 aliphatic carbocycles. The molecule has 3 atom stereocenters. The van der Waals surface area contributed by atoms with E-state index in [0.717, 1.165) is 0 Å². The molecule has 0 aromatic carbocycles. The van der Waals surface area contributed by atoms with Crippen molar-refractivity contribution in [3.8, 4) is 0 Å². The summed E-state index contributed by atoms with van der Waals surface area (Å²) in [5.41, 5.74) is 0. The molecule has 2 rings (SSSR count). The quantitative estimate of drug-likeness (QED) is 0.481. The van der Waals surface area contributed by atoms with Crippen molar-refractivity contribution in [2.24, 2.45) is 5.92 Å². The molecule has 0 bridgehead atoms. The molecule has 1 saturated carbocycles. The molecule has 64 valence electrons. The van der Waals surface area contributed by atoms with E-state index in [0.29, 0.717) is 12.0 Å². The van der Waals surface area contributed by atoms with Gasteiger partial charge in [-0.05, 0) is 12.8 Å². The molecule has 1 N–H and O–H groups in total. The predicted molar refractivity (Wildman–Crippen MR) is 43.7 cm³/mol. The fourth-order valence-corrected chi connectivity index (χ4v) is 2.65. The number of nitrogens with one attached hydrogen (secondary N) is 1. The van der Waals surface area contributed by atoms with Crippen LogP contribution >= 0.6 is 12.2 Å². The molecular formula is C7H13NO2S. The molecular weight excluding hydrogens is 162 g/mol. The van der Waals surface area contributed by atoms with Crippen LogP contribution in [0.3, 0.4) is 0 Å². The van der Waals surface area contributed by atoms with Gasteiger partial charge >= 0.3 is 0 Å². The molecule has 1 saturated heterocycles. The predicted octanol–water partition coefficient (Wildman–Crippen LogP) is 1.31. The Morgan fingerprint density at radius 1 is 1.55 bits per heavy atom. The van der Waals surface area contributed by atoms with Gasteiger partial charge < -0.3 is 4.74 Å². The third-order valence-electron chi connectivity index (χ3n) is 2.48. The van der Waals surface area contributed by atoms with Crippen molar-refractivity contribution in [3.63, 3.8) is 0 Å². The minimum atomic E-state index is 0.196. The lowest BCUT2D eigenvalue weighted by atomic mass is 10.0. The lowest BCUT2D eigenvalue weighted by Crippen LogP contribution is -2.42. The average molecular weight is 175 g/mol. The largest absolute Gasteiger partial charge is 0.365 e. The fourth-order valence-electron chi connectivity index (χ4n) is 1.87. The van der Waals surface area contributed by atoms with Crippen LogP contribution in [0.25, 0.3) is 0 Å². The number of hydrogen-bond donors (Lipinski definition) is 1. The maximum atomic E-state index is 5.46. The van der Waals surface area contributed by atoms with Crippen molar-refractivity contribution in [1.29, 1.82) is 0 Å². The number of methoxy groups -OCH3 is 1. The van der Waals surface area contributed by atoms with E-state index in [1.54, 1.807) is 7.11 Å². The van der Waals surface area contributed by atoms with Gasteiger partial charge in [0.15, 0.2) is 0 Å². The monoisotopic (exact) mass is 175 g/mol. The van der Waals surface area contributed by atoms with E-state index in [4.69, 9.17) is 8.92 Å². The highest BCUT2D eigenvalue weighted by Gasteiger charge is 2.38. The normalized spacial score (nSPS) is 43.9. The van der Waals surface area contributed by atoms with E-state index >= 15 is 0 Å². The highest BCUT2D eigenvalue weighted by molar-refractivity contribution is 7.92. The van der Waals surface area contributed by atoms with E-state index in [1.165, 1.54) is 31.5 Å². The Labute approximate surface area is 71.2 Å². The molecule has 1 aliphatic heterocycles. The van der Waals surface area contributed by atoms with Crippen LogP contribution in [0.5, 0.6) is 0 Å². The summed E-state index contributed by atoms with van der Waals surface area (Å²) in [6, 6.07) is 0. The first-order chi connectivity index (χ1) is 5.42. The van der Waals surface area contributed by atoms with Gasteiger partial charge in [0.1, 0.15) is 6.23 Å². The second kappa shape index (κ2) is 3.31. The smallest absolute Gasteiger partial charge is 0.123 e. The molecule has 0 amide bonds. The molecule has 4 heteroatoms. The summed E-state index contributed by atoms with van der Waals surface area (Å²) in [6.07, 6.45) is 4.32. The van der Waals surface area contributed by atoms with E-state index in [2.05, 4.69) is 4.72 Å². The Morgan fingerprint density at radius 3 is 3.27 bits per heavy atom. The number of hydrogen-bond acceptors (Lipinski definition) is 4. The van der Waals surface area contributed by atoms with Crippen molar-refractivity contribution in [1.82, 2.24) is 4.72 Å². The molecule has 2 fully saturated rings. The van der Waals surface area contributed by atoms with Gasteiger partial charge in [0, 0.05) is 13.0 Å². The number of ether oxygens (including phenoxy) is 1. The van der Waals surface area contributed by atoms with Gasteiger partial charge in [0.25, 0.3) is 0 Å². The summed E-state index contributed by atoms with van der Waals surface area (Å²) >= 11 is 1.33. The van der Waals surface area contributed by atoms with Gasteiger partial charge in [-0.15, -0.1) is 0 Å². The topological polar surface area (TPSA) is 30.5 Å². The van der Waals surface area contributed by atoms with Crippen molar-refractivity contribution in [3.05, 3.63) is 0 Å². The third kappa shape index (κ3) is 1.40. The third-order valence-corrected chi connectivity index (χ3v) is 3.15. The van der Waals surface area contributed by atoms with E-state index < -0.39 is 0 Å². The summed E-state index contributed by atoms with van der Waals surface area (Å²) < 4.78 is 13.9. The summed E-state index contributed by atoms with van der Waals surface area (Å²) in [4.78, 5) is 0. The summed E-state index contributed by atoms with van der Waals surface area (Å²) in [6.45, 7) is 0. The lowest BCUT2D eigenvalue weighted by molar-refractivity contribution is -0.00679. The molecule has 3 nitrogen and oxygen atoms in total. The molecule has 1 heterocycles. The van der Waals surface area contributed by atoms with Crippen LogP contribution in [-0.2, 0) is 8.92 Å². The standard InChI is InChI=1S/C7H13NO2S/c1-9-7-5-3-2-4-6(5)10-11-8-7/h5-8H,2-4H2,1H3/t5-,6-,7?/m1/s1. The molecule has 2 aliphatic rings. The van der Waals surface area contributed by atoms with E-state index in [-0.39, 0.29) is 6.23 Å². The van der Waals surface area contributed by atoms with Crippen LogP contribution in [-0.4, -0.2) is 19.4 Å². The Bertz CT molecular complexity index is 144. The van der Waals surface area contributed by atoms with Crippen LogP contribution in [0.1, 0.15) is 19.3 Å². The van der Waals surface area contributed by atoms with E-state index in [1.807, 2.05) is 0 Å². The second-order valence-corrected chi connectivity index (χ2v) is 3.68. The molecule has 0 aromatic heterocycles. The highest BCUT2D eigenvalue weighted by Crippen LogP contribution is 2.36. The van der Waals surface area contributed by atoms with Crippen molar-refractivity contribution in [2.75, 3.05) is 7.11 Å². The summed E-state index contributed by atoms with van der Waals surface area (Å²) in [7, 11) is 1.75. The average Bonchev–Trinajstić information content (AvgIpc) is 2.50. The first kappa shape index (κ1) is 7.86. The Kier molecular flexibility index (Phi) is 2.36. The van der Waals surface area contributed by atoms with Crippen LogP contribution in [0, 0.1) is 5.92 Å². The Morgan fingerprint density at radius 2 is 2.45 bits per heavy atom. The molecule has 0 spiro atoms. The zero-order chi connectivity index (χ0) is 7.68. The van der Waals surface area contributed by atoms with Gasteiger partial charge in [0.2, 0.25) is 0 Å². The zero-order valence-electron chi connectivity index (χ0n) is 6.58. The van der Waals surface area contributed by atoms with Crippen molar-refractivity contribution < 1.29 is 8.92 Å². The Hall–Kier alpha value is 0.230. The maximum absolute atomic E-state index is 5.46. The van der Waals surface area contributed by atoms with Crippen LogP contribution < -0.4 is 4.72 Å². The van der Waals surface area contributed by atoms with E-state index in [9.17, 15) is 0 Å². The SMILES string of the molecule is COC1NSO[C@@H]2CCC[C@@H]12. The van der Waals surface area contributed by atoms with Gasteiger partial charge in [0.05, 0.1) is 18.3 Å². The molecule has 0 aromatic rings. The minimum Gasteiger partial charge on any atom is -0.365 e. The second-order valence-electron chi connectivity index (χ2n) is 3.09. The van der Waals surface area contributed by atoms with Gasteiger partial charge in [-0.1, -0.05) is 6.42 Å². The lowest BCUT2D eigenvalue weighted by Gasteiger charge is -2.31. The van der Waals surface area contributed by atoms with Crippen molar-refractivity contribution >= 4 is 12.2 Å². The zero-order valence-corrected chi connectivity index (χ0v) is 7.39. The number of rotatable bonds is 1. The minimum absolute atomic E-state index is 0.196. The maximum Gasteiger partial charge on any atom is 0.123 e. The summed E-state index contributed by atoms with van der Waals surface area (Å²) in [5, 5.41) is 0. The highest BCUT2D eigenvalue weighted by atomic mass is 32.2. The van der Waals surface area contributed by atoms with Crippen LogP contribution in [0.15, 0.2) is 0 Å². The summed E-state index contributed by atoms with van der Waals surface area (Å²) in [5.74, 6) is 0.571. The van der Waals surface area contributed by atoms with Crippen LogP contribution in [0.2, 0.25) is 0 Å². The molecule has 0 radical (unpaired) electrons. The Balaban J connectivity index is 2.00. The molecule has 11 heavy (non-hydrogen) atoms. The molecule has 1 unspecified atom stereocenters. The number of fused-ring (bicyclic) bond motifs is 1.